The van der Waals surface area contributed by atoms with E-state index in [1.54, 1.807) is 0 Å². The molecule has 0 radical (unpaired) electrons. The number of fused-ring (bicyclic) bond motifs is 1. The lowest BCUT2D eigenvalue weighted by Crippen LogP contribution is -2.20. The molecule has 1 unspecified atom stereocenters. The Labute approximate surface area is 107 Å². The number of aromatic nitrogens is 3. The van der Waals surface area contributed by atoms with Crippen LogP contribution in [0.1, 0.15) is 30.8 Å². The summed E-state index contributed by atoms with van der Waals surface area (Å²) in [6.07, 6.45) is 1.16. The van der Waals surface area contributed by atoms with Crippen LogP contribution in [0.3, 0.4) is 0 Å². The zero-order valence-electron chi connectivity index (χ0n) is 10.7. The molecule has 18 heavy (non-hydrogen) atoms. The molecule has 0 aliphatic carbocycles. The molecule has 1 saturated heterocycles. The normalized spacial score (nSPS) is 20.9. The summed E-state index contributed by atoms with van der Waals surface area (Å²) in [5, 5.41) is 8.65. The third-order valence-corrected chi connectivity index (χ3v) is 3.83. The topological polar surface area (TPSA) is 59.5 Å². The summed E-state index contributed by atoms with van der Waals surface area (Å²) in [7, 11) is 0. The molecule has 2 N–H and O–H groups in total. The number of likely N-dealkylation sites (tertiary alicyclic amines) is 1. The Hall–Kier alpha value is -1.46. The minimum Gasteiger partial charge on any atom is -0.325 e. The van der Waals surface area contributed by atoms with Gasteiger partial charge in [-0.1, -0.05) is 13.0 Å². The number of likely N-dealkylation sites (N-methyl/N-ethyl adjacent to an activating group) is 1. The number of hydrogen-bond acceptors (Lipinski definition) is 4. The molecule has 1 fully saturated rings. The molecule has 3 rings (SSSR count). The van der Waals surface area contributed by atoms with E-state index in [2.05, 4.69) is 26.4 Å². The third kappa shape index (κ3) is 1.79. The summed E-state index contributed by atoms with van der Waals surface area (Å²) in [4.78, 5) is 2.46. The molecule has 0 saturated carbocycles. The molecule has 2 aromatic rings. The second-order valence-corrected chi connectivity index (χ2v) is 4.85. The first-order chi connectivity index (χ1) is 8.83. The summed E-state index contributed by atoms with van der Waals surface area (Å²) in [6.45, 7) is 6.07. The van der Waals surface area contributed by atoms with Gasteiger partial charge in [0.1, 0.15) is 5.82 Å². The fourth-order valence-corrected chi connectivity index (χ4v) is 2.79. The monoisotopic (exact) mass is 245 g/mol. The van der Waals surface area contributed by atoms with Crippen LogP contribution in [0.5, 0.6) is 0 Å². The standard InChI is InChI=1S/C13H19N5/c1-2-17-7-6-10(9-17)13-16-15-12-5-3-4-11(8-14)18(12)13/h3-5,10H,2,6-9,14H2,1H3. The summed E-state index contributed by atoms with van der Waals surface area (Å²) in [5.74, 6) is 1.55. The molecule has 0 spiro atoms. The predicted molar refractivity (Wildman–Crippen MR) is 70.4 cm³/mol. The number of rotatable bonds is 3. The molecular weight excluding hydrogens is 226 g/mol. The first-order valence-electron chi connectivity index (χ1n) is 6.58. The fraction of sp³-hybridized carbons (Fsp3) is 0.538. The molecule has 0 aromatic carbocycles. The lowest BCUT2D eigenvalue weighted by Gasteiger charge is -2.13. The zero-order chi connectivity index (χ0) is 12.5. The van der Waals surface area contributed by atoms with E-state index >= 15 is 0 Å². The summed E-state index contributed by atoms with van der Waals surface area (Å²) in [5.41, 5.74) is 7.80. The van der Waals surface area contributed by atoms with Crippen molar-refractivity contribution in [1.82, 2.24) is 19.5 Å². The van der Waals surface area contributed by atoms with Gasteiger partial charge in [-0.3, -0.25) is 4.40 Å². The van der Waals surface area contributed by atoms with Gasteiger partial charge in [-0.05, 0) is 31.6 Å². The molecule has 0 bridgehead atoms. The second-order valence-electron chi connectivity index (χ2n) is 4.85. The van der Waals surface area contributed by atoms with Gasteiger partial charge in [0.15, 0.2) is 5.65 Å². The van der Waals surface area contributed by atoms with Crippen molar-refractivity contribution < 1.29 is 0 Å². The highest BCUT2D eigenvalue weighted by atomic mass is 15.3. The maximum absolute atomic E-state index is 5.81. The Balaban J connectivity index is 2.02. The average molecular weight is 245 g/mol. The lowest BCUT2D eigenvalue weighted by atomic mass is 10.1. The van der Waals surface area contributed by atoms with Crippen molar-refractivity contribution in [2.45, 2.75) is 25.8 Å². The van der Waals surface area contributed by atoms with E-state index in [-0.39, 0.29) is 0 Å². The van der Waals surface area contributed by atoms with E-state index in [0.717, 1.165) is 43.2 Å². The van der Waals surface area contributed by atoms with E-state index in [4.69, 9.17) is 5.73 Å². The Kier molecular flexibility index (Phi) is 3.01. The van der Waals surface area contributed by atoms with Gasteiger partial charge in [0, 0.05) is 24.7 Å². The highest BCUT2D eigenvalue weighted by molar-refractivity contribution is 5.40. The Morgan fingerprint density at radius 2 is 2.28 bits per heavy atom. The molecule has 5 nitrogen and oxygen atoms in total. The second kappa shape index (κ2) is 4.66. The smallest absolute Gasteiger partial charge is 0.161 e. The number of nitrogens with zero attached hydrogens (tertiary/aromatic N) is 4. The van der Waals surface area contributed by atoms with E-state index in [1.807, 2.05) is 18.2 Å². The largest absolute Gasteiger partial charge is 0.325 e. The maximum Gasteiger partial charge on any atom is 0.161 e. The van der Waals surface area contributed by atoms with Gasteiger partial charge in [-0.15, -0.1) is 10.2 Å². The molecule has 5 heteroatoms. The zero-order valence-corrected chi connectivity index (χ0v) is 10.7. The van der Waals surface area contributed by atoms with E-state index in [1.165, 1.54) is 0 Å². The minimum atomic E-state index is 0.479. The first kappa shape index (κ1) is 11.6. The van der Waals surface area contributed by atoms with Gasteiger partial charge in [-0.2, -0.15) is 0 Å². The highest BCUT2D eigenvalue weighted by Crippen LogP contribution is 2.26. The molecule has 1 aliphatic rings. The van der Waals surface area contributed by atoms with Crippen LogP contribution in [0.25, 0.3) is 5.65 Å². The van der Waals surface area contributed by atoms with Crippen molar-refractivity contribution in [1.29, 1.82) is 0 Å². The highest BCUT2D eigenvalue weighted by Gasteiger charge is 2.27. The number of hydrogen-bond donors (Lipinski definition) is 1. The van der Waals surface area contributed by atoms with Crippen LogP contribution in [0.4, 0.5) is 0 Å². The van der Waals surface area contributed by atoms with Crippen molar-refractivity contribution in [3.05, 3.63) is 29.7 Å². The van der Waals surface area contributed by atoms with Gasteiger partial charge in [0.05, 0.1) is 0 Å². The van der Waals surface area contributed by atoms with Gasteiger partial charge in [-0.25, -0.2) is 0 Å². The van der Waals surface area contributed by atoms with Crippen LogP contribution in [0.2, 0.25) is 0 Å². The lowest BCUT2D eigenvalue weighted by molar-refractivity contribution is 0.352. The van der Waals surface area contributed by atoms with Crippen LogP contribution in [0, 0.1) is 0 Å². The Morgan fingerprint density at radius 1 is 1.39 bits per heavy atom. The van der Waals surface area contributed by atoms with Gasteiger partial charge < -0.3 is 10.6 Å². The summed E-state index contributed by atoms with van der Waals surface area (Å²) < 4.78 is 2.13. The third-order valence-electron chi connectivity index (χ3n) is 3.83. The van der Waals surface area contributed by atoms with E-state index < -0.39 is 0 Å². The minimum absolute atomic E-state index is 0.479. The Morgan fingerprint density at radius 3 is 3.00 bits per heavy atom. The SMILES string of the molecule is CCN1CCC(c2nnc3cccc(CN)n23)C1. The first-order valence-corrected chi connectivity index (χ1v) is 6.58. The van der Waals surface area contributed by atoms with Gasteiger partial charge >= 0.3 is 0 Å². The van der Waals surface area contributed by atoms with Crippen molar-refractivity contribution in [3.8, 4) is 0 Å². The summed E-state index contributed by atoms with van der Waals surface area (Å²) >= 11 is 0. The van der Waals surface area contributed by atoms with Crippen LogP contribution in [0.15, 0.2) is 18.2 Å². The molecule has 2 aromatic heterocycles. The van der Waals surface area contributed by atoms with Gasteiger partial charge in [0.2, 0.25) is 0 Å². The van der Waals surface area contributed by atoms with Crippen molar-refractivity contribution in [2.75, 3.05) is 19.6 Å². The van der Waals surface area contributed by atoms with Crippen LogP contribution >= 0.6 is 0 Å². The molecule has 96 valence electrons. The molecule has 1 atom stereocenters. The maximum atomic E-state index is 5.81. The van der Waals surface area contributed by atoms with Crippen molar-refractivity contribution in [2.24, 2.45) is 5.73 Å². The molecule has 0 amide bonds. The van der Waals surface area contributed by atoms with E-state index in [9.17, 15) is 0 Å². The van der Waals surface area contributed by atoms with E-state index in [0.29, 0.717) is 12.5 Å². The summed E-state index contributed by atoms with van der Waals surface area (Å²) in [6, 6.07) is 6.03. The average Bonchev–Trinajstić information content (AvgIpc) is 3.03. The number of pyridine rings is 1. The van der Waals surface area contributed by atoms with Crippen molar-refractivity contribution >= 4 is 5.65 Å². The van der Waals surface area contributed by atoms with Crippen LogP contribution < -0.4 is 5.73 Å². The molecule has 1 aliphatic heterocycles. The quantitative estimate of drug-likeness (QED) is 0.876. The van der Waals surface area contributed by atoms with Crippen LogP contribution in [-0.4, -0.2) is 39.1 Å². The molecule has 3 heterocycles. The fourth-order valence-electron chi connectivity index (χ4n) is 2.79. The molecular formula is C13H19N5. The predicted octanol–water partition coefficient (Wildman–Crippen LogP) is 0.997. The number of nitrogens with two attached hydrogens (primary N) is 1. The van der Waals surface area contributed by atoms with Crippen LogP contribution in [-0.2, 0) is 6.54 Å². The Bertz CT molecular complexity index is 547. The van der Waals surface area contributed by atoms with Crippen molar-refractivity contribution in [3.63, 3.8) is 0 Å². The van der Waals surface area contributed by atoms with Gasteiger partial charge in [0.25, 0.3) is 0 Å².